The molecule has 136 valence electrons. The van der Waals surface area contributed by atoms with Crippen LogP contribution in [0.15, 0.2) is 9.98 Å². The number of piperazine rings is 1. The second kappa shape index (κ2) is 7.25. The summed E-state index contributed by atoms with van der Waals surface area (Å²) in [5.74, 6) is 1.17. The van der Waals surface area contributed by atoms with Gasteiger partial charge in [-0.3, -0.25) is 10.1 Å². The van der Waals surface area contributed by atoms with Gasteiger partial charge in [0.2, 0.25) is 0 Å². The molecule has 1 N–H and O–H groups in total. The first-order valence-corrected chi connectivity index (χ1v) is 9.42. The predicted octanol–water partition coefficient (Wildman–Crippen LogP) is 1.10. The molecule has 7 heteroatoms. The zero-order valence-corrected chi connectivity index (χ0v) is 15.3. The molecule has 25 heavy (non-hydrogen) atoms. The summed E-state index contributed by atoms with van der Waals surface area (Å²) in [5, 5.41) is 7.85. The van der Waals surface area contributed by atoms with E-state index in [-0.39, 0.29) is 0 Å². The Morgan fingerprint density at radius 3 is 2.84 bits per heavy atom. The monoisotopic (exact) mass is 344 g/mol. The number of amidine groups is 1. The van der Waals surface area contributed by atoms with Crippen molar-refractivity contribution in [2.24, 2.45) is 9.98 Å². The Kier molecular flexibility index (Phi) is 4.85. The van der Waals surface area contributed by atoms with Gasteiger partial charge < -0.3 is 14.5 Å². The fourth-order valence-corrected chi connectivity index (χ4v) is 3.98. The molecule has 0 spiro atoms. The standard InChI is InChI=1S/C18H28N6O/c1-3-25-13-4-5-15-14(10-13)18(22-21-15)16-11-17(20-12-19-16)24-8-6-23(2)7-9-24/h13H,3-12H2,1-2H3,(H,21,22). The number of nitrogens with one attached hydrogen (secondary N) is 1. The number of fused-ring (bicyclic) bond motifs is 1. The van der Waals surface area contributed by atoms with Gasteiger partial charge in [-0.2, -0.15) is 5.10 Å². The molecule has 1 saturated heterocycles. The number of hydrogen-bond acceptors (Lipinski definition) is 6. The molecular weight excluding hydrogens is 316 g/mol. The van der Waals surface area contributed by atoms with Crippen LogP contribution in [-0.2, 0) is 17.6 Å². The van der Waals surface area contributed by atoms with Crippen molar-refractivity contribution in [3.63, 3.8) is 0 Å². The summed E-state index contributed by atoms with van der Waals surface area (Å²) in [5.41, 5.74) is 4.69. The number of hydrogen-bond donors (Lipinski definition) is 1. The molecule has 0 bridgehead atoms. The molecule has 2 aliphatic heterocycles. The molecular formula is C18H28N6O. The number of aromatic amines is 1. The summed E-state index contributed by atoms with van der Waals surface area (Å²) in [6, 6.07) is 0. The lowest BCUT2D eigenvalue weighted by molar-refractivity contribution is 0.0532. The van der Waals surface area contributed by atoms with E-state index in [0.29, 0.717) is 12.8 Å². The fourth-order valence-electron chi connectivity index (χ4n) is 3.98. The second-order valence-corrected chi connectivity index (χ2v) is 7.14. The van der Waals surface area contributed by atoms with Gasteiger partial charge in [0.1, 0.15) is 18.2 Å². The summed E-state index contributed by atoms with van der Waals surface area (Å²) >= 11 is 0. The van der Waals surface area contributed by atoms with E-state index in [1.807, 2.05) is 0 Å². The molecule has 1 atom stereocenters. The number of aryl methyl sites for hydroxylation is 1. The van der Waals surface area contributed by atoms with E-state index in [1.165, 1.54) is 17.1 Å². The maximum atomic E-state index is 5.86. The van der Waals surface area contributed by atoms with E-state index in [1.54, 1.807) is 0 Å². The van der Waals surface area contributed by atoms with Crippen molar-refractivity contribution in [3.8, 4) is 0 Å². The Balaban J connectivity index is 1.48. The summed E-state index contributed by atoms with van der Waals surface area (Å²) in [4.78, 5) is 14.1. The van der Waals surface area contributed by atoms with Crippen LogP contribution in [0.3, 0.4) is 0 Å². The normalized spacial score (nSPS) is 24.7. The SMILES string of the molecule is CCOC1CCc2[nH]nc(C3=NCN=C(N4CCN(C)CC4)C3)c2C1. The Bertz CT molecular complexity index is 671. The lowest BCUT2D eigenvalue weighted by atomic mass is 9.91. The van der Waals surface area contributed by atoms with Gasteiger partial charge in [0.05, 0.1) is 11.8 Å². The zero-order chi connectivity index (χ0) is 17.2. The lowest BCUT2D eigenvalue weighted by Crippen LogP contribution is -2.48. The van der Waals surface area contributed by atoms with E-state index in [9.17, 15) is 0 Å². The van der Waals surface area contributed by atoms with Gasteiger partial charge >= 0.3 is 0 Å². The van der Waals surface area contributed by atoms with Crippen LogP contribution in [0.2, 0.25) is 0 Å². The first-order valence-electron chi connectivity index (χ1n) is 9.42. The first-order chi connectivity index (χ1) is 12.2. The van der Waals surface area contributed by atoms with Crippen molar-refractivity contribution >= 4 is 11.5 Å². The number of rotatable bonds is 3. The first kappa shape index (κ1) is 16.7. The molecule has 0 aromatic carbocycles. The van der Waals surface area contributed by atoms with Gasteiger partial charge in [-0.1, -0.05) is 0 Å². The van der Waals surface area contributed by atoms with Crippen LogP contribution in [0, 0.1) is 0 Å². The third-order valence-corrected chi connectivity index (χ3v) is 5.49. The van der Waals surface area contributed by atoms with Crippen molar-refractivity contribution in [3.05, 3.63) is 17.0 Å². The fraction of sp³-hybridized carbons (Fsp3) is 0.722. The average molecular weight is 344 g/mol. The molecule has 7 nitrogen and oxygen atoms in total. The lowest BCUT2D eigenvalue weighted by Gasteiger charge is -2.35. The van der Waals surface area contributed by atoms with Crippen LogP contribution < -0.4 is 0 Å². The maximum Gasteiger partial charge on any atom is 0.131 e. The highest BCUT2D eigenvalue weighted by Gasteiger charge is 2.28. The van der Waals surface area contributed by atoms with Gasteiger partial charge in [0.15, 0.2) is 0 Å². The number of likely N-dealkylation sites (N-methyl/N-ethyl adjacent to an activating group) is 1. The molecule has 1 aromatic rings. The highest BCUT2D eigenvalue weighted by molar-refractivity contribution is 6.12. The molecule has 1 aromatic heterocycles. The number of H-pyrrole nitrogens is 1. The largest absolute Gasteiger partial charge is 0.378 e. The van der Waals surface area contributed by atoms with Crippen molar-refractivity contribution in [2.75, 3.05) is 46.5 Å². The Labute approximate surface area is 149 Å². The molecule has 3 aliphatic rings. The molecule has 1 aliphatic carbocycles. The van der Waals surface area contributed by atoms with E-state index in [4.69, 9.17) is 4.74 Å². The van der Waals surface area contributed by atoms with Crippen LogP contribution in [0.25, 0.3) is 0 Å². The minimum absolute atomic E-state index is 0.309. The summed E-state index contributed by atoms with van der Waals surface area (Å²) in [7, 11) is 2.18. The summed E-state index contributed by atoms with van der Waals surface area (Å²) < 4.78 is 5.86. The van der Waals surface area contributed by atoms with Crippen molar-refractivity contribution < 1.29 is 4.74 Å². The van der Waals surface area contributed by atoms with Crippen molar-refractivity contribution in [1.82, 2.24) is 20.0 Å². The molecule has 0 amide bonds. The molecule has 4 rings (SSSR count). The van der Waals surface area contributed by atoms with Crippen molar-refractivity contribution in [1.29, 1.82) is 0 Å². The van der Waals surface area contributed by atoms with E-state index < -0.39 is 0 Å². The molecule has 3 heterocycles. The van der Waals surface area contributed by atoms with Crippen LogP contribution in [-0.4, -0.2) is 84.2 Å². The van der Waals surface area contributed by atoms with Gasteiger partial charge in [0.25, 0.3) is 0 Å². The molecule has 0 radical (unpaired) electrons. The molecule has 1 fully saturated rings. The average Bonchev–Trinajstić information content (AvgIpc) is 3.06. The smallest absolute Gasteiger partial charge is 0.131 e. The number of aromatic nitrogens is 2. The maximum absolute atomic E-state index is 5.86. The quantitative estimate of drug-likeness (QED) is 0.891. The van der Waals surface area contributed by atoms with E-state index in [2.05, 4.69) is 44.0 Å². The van der Waals surface area contributed by atoms with Gasteiger partial charge in [0, 0.05) is 56.9 Å². The highest BCUT2D eigenvalue weighted by atomic mass is 16.5. The van der Waals surface area contributed by atoms with E-state index in [0.717, 1.165) is 69.9 Å². The van der Waals surface area contributed by atoms with Crippen LogP contribution >= 0.6 is 0 Å². The van der Waals surface area contributed by atoms with Crippen molar-refractivity contribution in [2.45, 2.75) is 38.7 Å². The van der Waals surface area contributed by atoms with Gasteiger partial charge in [-0.25, -0.2) is 4.99 Å². The molecule has 0 saturated carbocycles. The van der Waals surface area contributed by atoms with Crippen LogP contribution in [0.1, 0.15) is 36.7 Å². The zero-order valence-electron chi connectivity index (χ0n) is 15.3. The minimum Gasteiger partial charge on any atom is -0.378 e. The second-order valence-electron chi connectivity index (χ2n) is 7.14. The Hall–Kier alpha value is -1.73. The summed E-state index contributed by atoms with van der Waals surface area (Å²) in [6.45, 7) is 7.65. The minimum atomic E-state index is 0.309. The molecule has 1 unspecified atom stereocenters. The third-order valence-electron chi connectivity index (χ3n) is 5.49. The number of ether oxygens (including phenoxy) is 1. The third kappa shape index (κ3) is 3.48. The highest BCUT2D eigenvalue weighted by Crippen LogP contribution is 2.26. The Morgan fingerprint density at radius 1 is 1.20 bits per heavy atom. The summed E-state index contributed by atoms with van der Waals surface area (Å²) in [6.07, 6.45) is 4.13. The number of nitrogens with zero attached hydrogens (tertiary/aromatic N) is 5. The topological polar surface area (TPSA) is 69.1 Å². The Morgan fingerprint density at radius 2 is 2.04 bits per heavy atom. The van der Waals surface area contributed by atoms with E-state index >= 15 is 0 Å². The number of aliphatic imine (C=N–C) groups is 2. The van der Waals surface area contributed by atoms with Crippen LogP contribution in [0.5, 0.6) is 0 Å². The predicted molar refractivity (Wildman–Crippen MR) is 98.6 cm³/mol. The van der Waals surface area contributed by atoms with Gasteiger partial charge in [-0.15, -0.1) is 0 Å². The van der Waals surface area contributed by atoms with Crippen LogP contribution in [0.4, 0.5) is 0 Å². The van der Waals surface area contributed by atoms with Gasteiger partial charge in [-0.05, 0) is 26.8 Å².